The average Bonchev–Trinajstić information content (AvgIpc) is 2.25. The minimum Gasteiger partial charge on any atom is -0.318 e. The molecule has 15 heavy (non-hydrogen) atoms. The van der Waals surface area contributed by atoms with Gasteiger partial charge in [0.05, 0.1) is 0 Å². The molecule has 0 fully saturated rings. The zero-order chi connectivity index (χ0) is 11.1. The number of likely N-dealkylation sites (N-methyl/N-ethyl adjacent to an activating group) is 1. The first kappa shape index (κ1) is 12.2. The monoisotopic (exact) mass is 206 g/mol. The first-order valence-electron chi connectivity index (χ1n) is 5.66. The summed E-state index contributed by atoms with van der Waals surface area (Å²) in [6.45, 7) is 7.69. The van der Waals surface area contributed by atoms with Crippen LogP contribution in [0.15, 0.2) is 30.3 Å². The van der Waals surface area contributed by atoms with Crippen LogP contribution >= 0.6 is 0 Å². The lowest BCUT2D eigenvalue weighted by atomic mass is 10.2. The largest absolute Gasteiger partial charge is 0.318 e. The summed E-state index contributed by atoms with van der Waals surface area (Å²) in [4.78, 5) is 2.48. The minimum atomic E-state index is 0.596. The van der Waals surface area contributed by atoms with Gasteiger partial charge in [0.1, 0.15) is 0 Å². The van der Waals surface area contributed by atoms with Crippen LogP contribution in [0.3, 0.4) is 0 Å². The van der Waals surface area contributed by atoms with Crippen molar-refractivity contribution in [1.82, 2.24) is 10.2 Å². The number of benzene rings is 1. The van der Waals surface area contributed by atoms with Crippen molar-refractivity contribution in [1.29, 1.82) is 0 Å². The van der Waals surface area contributed by atoms with E-state index in [9.17, 15) is 0 Å². The van der Waals surface area contributed by atoms with Gasteiger partial charge >= 0.3 is 0 Å². The summed E-state index contributed by atoms with van der Waals surface area (Å²) in [5.74, 6) is 0. The summed E-state index contributed by atoms with van der Waals surface area (Å²) < 4.78 is 0. The van der Waals surface area contributed by atoms with E-state index in [1.54, 1.807) is 0 Å². The summed E-state index contributed by atoms with van der Waals surface area (Å²) in [6, 6.07) is 11.2. The van der Waals surface area contributed by atoms with E-state index in [0.717, 1.165) is 19.6 Å². The van der Waals surface area contributed by atoms with Crippen LogP contribution in [0.5, 0.6) is 0 Å². The topological polar surface area (TPSA) is 15.3 Å². The molecule has 1 aromatic rings. The number of rotatable bonds is 6. The smallest absolute Gasteiger partial charge is 0.0236 e. The summed E-state index contributed by atoms with van der Waals surface area (Å²) in [5.41, 5.74) is 1.39. The third-order valence-corrected chi connectivity index (χ3v) is 2.61. The van der Waals surface area contributed by atoms with Gasteiger partial charge in [-0.2, -0.15) is 0 Å². The Morgan fingerprint density at radius 1 is 1.20 bits per heavy atom. The molecule has 0 atom stereocenters. The zero-order valence-corrected chi connectivity index (χ0v) is 10.0. The highest BCUT2D eigenvalue weighted by Crippen LogP contribution is 2.07. The van der Waals surface area contributed by atoms with Gasteiger partial charge in [0.2, 0.25) is 0 Å². The van der Waals surface area contributed by atoms with Gasteiger partial charge < -0.3 is 5.32 Å². The highest BCUT2D eigenvalue weighted by atomic mass is 15.2. The molecule has 1 rings (SSSR count). The molecule has 0 aliphatic rings. The van der Waals surface area contributed by atoms with Crippen molar-refractivity contribution in [3.05, 3.63) is 35.9 Å². The molecule has 1 N–H and O–H groups in total. The summed E-state index contributed by atoms with van der Waals surface area (Å²) in [5, 5.41) is 3.20. The van der Waals surface area contributed by atoms with Crippen LogP contribution in [0.2, 0.25) is 0 Å². The number of nitrogens with zero attached hydrogens (tertiary/aromatic N) is 1. The van der Waals surface area contributed by atoms with Crippen LogP contribution in [0.4, 0.5) is 0 Å². The lowest BCUT2D eigenvalue weighted by molar-refractivity contribution is 0.215. The van der Waals surface area contributed by atoms with E-state index in [2.05, 4.69) is 54.4 Å². The van der Waals surface area contributed by atoms with Crippen LogP contribution in [0.25, 0.3) is 0 Å². The van der Waals surface area contributed by atoms with Crippen molar-refractivity contribution >= 4 is 0 Å². The summed E-state index contributed by atoms with van der Waals surface area (Å²) >= 11 is 0. The van der Waals surface area contributed by atoms with E-state index >= 15 is 0 Å². The molecule has 0 spiro atoms. The van der Waals surface area contributed by atoms with E-state index in [0.29, 0.717) is 6.04 Å². The molecule has 84 valence electrons. The molecule has 2 heteroatoms. The third kappa shape index (κ3) is 4.45. The summed E-state index contributed by atoms with van der Waals surface area (Å²) in [6.07, 6.45) is 0. The molecule has 0 bridgehead atoms. The van der Waals surface area contributed by atoms with E-state index in [1.165, 1.54) is 5.56 Å². The van der Waals surface area contributed by atoms with Gasteiger partial charge in [-0.1, -0.05) is 30.3 Å². The molecule has 0 aromatic heterocycles. The Balaban J connectivity index is 2.51. The van der Waals surface area contributed by atoms with E-state index in [-0.39, 0.29) is 0 Å². The Hall–Kier alpha value is -0.860. The standard InChI is InChI=1S/C13H22N2/c1-12(2)15(10-9-14-3)11-13-7-5-4-6-8-13/h4-8,12,14H,9-11H2,1-3H3. The maximum absolute atomic E-state index is 3.20. The average molecular weight is 206 g/mol. The Morgan fingerprint density at radius 2 is 1.87 bits per heavy atom. The number of nitrogens with one attached hydrogen (secondary N) is 1. The van der Waals surface area contributed by atoms with Crippen LogP contribution in [0.1, 0.15) is 19.4 Å². The van der Waals surface area contributed by atoms with Gasteiger partial charge in [-0.15, -0.1) is 0 Å². The Bertz CT molecular complexity index is 256. The van der Waals surface area contributed by atoms with E-state index in [1.807, 2.05) is 7.05 Å². The Morgan fingerprint density at radius 3 is 2.40 bits per heavy atom. The number of hydrogen-bond donors (Lipinski definition) is 1. The predicted molar refractivity (Wildman–Crippen MR) is 65.9 cm³/mol. The zero-order valence-electron chi connectivity index (χ0n) is 10.0. The van der Waals surface area contributed by atoms with Crippen molar-refractivity contribution in [3.8, 4) is 0 Å². The van der Waals surface area contributed by atoms with Gasteiger partial charge in [0, 0.05) is 25.7 Å². The molecule has 1 aromatic carbocycles. The van der Waals surface area contributed by atoms with Crippen molar-refractivity contribution in [2.45, 2.75) is 26.4 Å². The second-order valence-electron chi connectivity index (χ2n) is 4.15. The maximum Gasteiger partial charge on any atom is 0.0236 e. The lowest BCUT2D eigenvalue weighted by Crippen LogP contribution is -2.35. The molecular formula is C13H22N2. The molecule has 0 amide bonds. The first-order valence-corrected chi connectivity index (χ1v) is 5.66. The maximum atomic E-state index is 3.20. The van der Waals surface area contributed by atoms with E-state index in [4.69, 9.17) is 0 Å². The fourth-order valence-electron chi connectivity index (χ4n) is 1.59. The highest BCUT2D eigenvalue weighted by Gasteiger charge is 2.08. The quantitative estimate of drug-likeness (QED) is 0.767. The Labute approximate surface area is 93.3 Å². The number of hydrogen-bond acceptors (Lipinski definition) is 2. The van der Waals surface area contributed by atoms with Crippen molar-refractivity contribution < 1.29 is 0 Å². The third-order valence-electron chi connectivity index (χ3n) is 2.61. The predicted octanol–water partition coefficient (Wildman–Crippen LogP) is 2.12. The van der Waals surface area contributed by atoms with Crippen LogP contribution in [0, 0.1) is 0 Å². The van der Waals surface area contributed by atoms with Crippen molar-refractivity contribution in [3.63, 3.8) is 0 Å². The van der Waals surface area contributed by atoms with Crippen molar-refractivity contribution in [2.24, 2.45) is 0 Å². The molecule has 0 unspecified atom stereocenters. The van der Waals surface area contributed by atoms with Gasteiger partial charge in [0.15, 0.2) is 0 Å². The van der Waals surface area contributed by atoms with Gasteiger partial charge in [-0.05, 0) is 26.5 Å². The highest BCUT2D eigenvalue weighted by molar-refractivity contribution is 5.14. The first-order chi connectivity index (χ1) is 7.24. The molecule has 0 aliphatic heterocycles. The van der Waals surface area contributed by atoms with E-state index < -0.39 is 0 Å². The SMILES string of the molecule is CNCCN(Cc1ccccc1)C(C)C. The van der Waals surface area contributed by atoms with Crippen molar-refractivity contribution in [2.75, 3.05) is 20.1 Å². The molecule has 0 saturated heterocycles. The molecule has 0 saturated carbocycles. The van der Waals surface area contributed by atoms with Gasteiger partial charge in [-0.3, -0.25) is 4.90 Å². The van der Waals surface area contributed by atoms with Gasteiger partial charge in [0.25, 0.3) is 0 Å². The molecule has 0 aliphatic carbocycles. The van der Waals surface area contributed by atoms with Crippen LogP contribution in [-0.4, -0.2) is 31.1 Å². The minimum absolute atomic E-state index is 0.596. The fraction of sp³-hybridized carbons (Fsp3) is 0.538. The summed E-state index contributed by atoms with van der Waals surface area (Å²) in [7, 11) is 2.00. The van der Waals surface area contributed by atoms with Crippen LogP contribution < -0.4 is 5.32 Å². The second-order valence-corrected chi connectivity index (χ2v) is 4.15. The molecule has 0 radical (unpaired) electrons. The molecule has 2 nitrogen and oxygen atoms in total. The molecule has 0 heterocycles. The lowest BCUT2D eigenvalue weighted by Gasteiger charge is -2.26. The molecular weight excluding hydrogens is 184 g/mol. The fourth-order valence-corrected chi connectivity index (χ4v) is 1.59. The van der Waals surface area contributed by atoms with Crippen LogP contribution in [-0.2, 0) is 6.54 Å². The normalized spacial score (nSPS) is 11.3. The Kier molecular flexibility index (Phi) is 5.37. The van der Waals surface area contributed by atoms with Gasteiger partial charge in [-0.25, -0.2) is 0 Å². The second kappa shape index (κ2) is 6.59.